The number of likely N-dealkylation sites (tertiary alicyclic amines) is 1. The average Bonchev–Trinajstić information content (AvgIpc) is 2.89. The third-order valence-electron chi connectivity index (χ3n) is 5.96. The molecule has 1 fully saturated rings. The van der Waals surface area contributed by atoms with Crippen LogP contribution in [0.1, 0.15) is 35.2 Å². The average molecular weight is 483 g/mol. The van der Waals surface area contributed by atoms with E-state index in [1.54, 1.807) is 29.4 Å². The number of benzene rings is 1. The molecule has 2 heterocycles. The van der Waals surface area contributed by atoms with Gasteiger partial charge in [0, 0.05) is 44.0 Å². The zero-order valence-electron chi connectivity index (χ0n) is 19.6. The van der Waals surface area contributed by atoms with Gasteiger partial charge in [-0.3, -0.25) is 19.4 Å². The topological polar surface area (TPSA) is 138 Å². The smallest absolute Gasteiger partial charge is 0.328 e. The molecule has 2 aromatic rings. The number of aryl methyl sites for hydroxylation is 1. The van der Waals surface area contributed by atoms with Crippen molar-refractivity contribution in [3.8, 4) is 5.75 Å². The fraction of sp³-hybridized carbons (Fsp3) is 0.400. The summed E-state index contributed by atoms with van der Waals surface area (Å²) in [7, 11) is 1.50. The standard InChI is InChI=1S/C25H30N4O6/c1-35-20-7-5-18(6-8-20)24(32)28-21(25(33)34)15-27-23(31)19-3-2-14-29(16-19)22(30)9-4-17-10-12-26-13-11-17/h5-8,10-13,19,21H,2-4,9,14-16H2,1H3,(H,27,31)(H,28,32)(H,33,34)/t19-,21+/m1/s1. The molecule has 1 aliphatic heterocycles. The highest BCUT2D eigenvalue weighted by molar-refractivity contribution is 5.96. The summed E-state index contributed by atoms with van der Waals surface area (Å²) in [4.78, 5) is 55.1. The zero-order chi connectivity index (χ0) is 25.2. The summed E-state index contributed by atoms with van der Waals surface area (Å²) in [6, 6.07) is 8.68. The molecule has 1 aliphatic rings. The Morgan fingerprint density at radius 3 is 2.51 bits per heavy atom. The van der Waals surface area contributed by atoms with Gasteiger partial charge in [-0.25, -0.2) is 4.79 Å². The van der Waals surface area contributed by atoms with Crippen LogP contribution in [-0.2, 0) is 20.8 Å². The Morgan fingerprint density at radius 1 is 1.14 bits per heavy atom. The number of hydrogen-bond donors (Lipinski definition) is 3. The van der Waals surface area contributed by atoms with E-state index < -0.39 is 23.8 Å². The van der Waals surface area contributed by atoms with Crippen LogP contribution in [0.5, 0.6) is 5.75 Å². The van der Waals surface area contributed by atoms with E-state index in [9.17, 15) is 24.3 Å². The van der Waals surface area contributed by atoms with Gasteiger partial charge in [0.1, 0.15) is 11.8 Å². The molecule has 0 unspecified atom stereocenters. The molecule has 3 amide bonds. The molecule has 35 heavy (non-hydrogen) atoms. The van der Waals surface area contributed by atoms with Gasteiger partial charge >= 0.3 is 5.97 Å². The second-order valence-electron chi connectivity index (χ2n) is 8.37. The maximum Gasteiger partial charge on any atom is 0.328 e. The van der Waals surface area contributed by atoms with Crippen LogP contribution in [0.2, 0.25) is 0 Å². The summed E-state index contributed by atoms with van der Waals surface area (Å²) < 4.78 is 5.05. The van der Waals surface area contributed by atoms with E-state index in [-0.39, 0.29) is 30.5 Å². The van der Waals surface area contributed by atoms with Gasteiger partial charge in [0.15, 0.2) is 0 Å². The fourth-order valence-electron chi connectivity index (χ4n) is 3.91. The van der Waals surface area contributed by atoms with Gasteiger partial charge < -0.3 is 25.4 Å². The Hall–Kier alpha value is -3.95. The third kappa shape index (κ3) is 7.53. The number of hydrogen-bond acceptors (Lipinski definition) is 6. The van der Waals surface area contributed by atoms with Gasteiger partial charge in [-0.2, -0.15) is 0 Å². The predicted octanol–water partition coefficient (Wildman–Crippen LogP) is 1.26. The Balaban J connectivity index is 1.49. The van der Waals surface area contributed by atoms with Crippen molar-refractivity contribution in [2.75, 3.05) is 26.7 Å². The van der Waals surface area contributed by atoms with Crippen LogP contribution in [0.3, 0.4) is 0 Å². The van der Waals surface area contributed by atoms with Crippen LogP contribution >= 0.6 is 0 Å². The number of carbonyl (C=O) groups excluding carboxylic acids is 3. The molecule has 10 heteroatoms. The number of nitrogens with zero attached hydrogens (tertiary/aromatic N) is 2. The highest BCUT2D eigenvalue weighted by atomic mass is 16.5. The molecule has 0 spiro atoms. The van der Waals surface area contributed by atoms with E-state index in [4.69, 9.17) is 4.74 Å². The second-order valence-corrected chi connectivity index (χ2v) is 8.37. The van der Waals surface area contributed by atoms with Gasteiger partial charge in [-0.1, -0.05) is 0 Å². The number of rotatable bonds is 10. The largest absolute Gasteiger partial charge is 0.497 e. The van der Waals surface area contributed by atoms with Crippen LogP contribution in [0.15, 0.2) is 48.8 Å². The van der Waals surface area contributed by atoms with Crippen molar-refractivity contribution >= 4 is 23.7 Å². The lowest BCUT2D eigenvalue weighted by atomic mass is 9.96. The third-order valence-corrected chi connectivity index (χ3v) is 5.96. The maximum atomic E-state index is 12.7. The minimum Gasteiger partial charge on any atom is -0.497 e. The first-order valence-electron chi connectivity index (χ1n) is 11.5. The Kier molecular flexibility index (Phi) is 9.16. The number of nitrogens with one attached hydrogen (secondary N) is 2. The van der Waals surface area contributed by atoms with Gasteiger partial charge in [0.05, 0.1) is 13.0 Å². The minimum atomic E-state index is -1.30. The van der Waals surface area contributed by atoms with Crippen LogP contribution in [0.4, 0.5) is 0 Å². The molecule has 1 aromatic carbocycles. The quantitative estimate of drug-likeness (QED) is 0.463. The first-order valence-corrected chi connectivity index (χ1v) is 11.5. The number of amides is 3. The van der Waals surface area contributed by atoms with Crippen molar-refractivity contribution in [1.82, 2.24) is 20.5 Å². The van der Waals surface area contributed by atoms with Crippen LogP contribution in [0.25, 0.3) is 0 Å². The molecule has 0 aliphatic carbocycles. The highest BCUT2D eigenvalue weighted by Crippen LogP contribution is 2.18. The predicted molar refractivity (Wildman–Crippen MR) is 127 cm³/mol. The van der Waals surface area contributed by atoms with Crippen LogP contribution < -0.4 is 15.4 Å². The van der Waals surface area contributed by atoms with Crippen LogP contribution in [0, 0.1) is 5.92 Å². The Bertz CT molecular complexity index is 1030. The summed E-state index contributed by atoms with van der Waals surface area (Å²) in [5.74, 6) is -2.04. The normalized spacial score (nSPS) is 16.1. The van der Waals surface area contributed by atoms with Crippen molar-refractivity contribution in [2.45, 2.75) is 31.7 Å². The molecule has 3 rings (SSSR count). The van der Waals surface area contributed by atoms with E-state index in [0.717, 1.165) is 5.56 Å². The van der Waals surface area contributed by atoms with E-state index in [0.29, 0.717) is 38.0 Å². The lowest BCUT2D eigenvalue weighted by Crippen LogP contribution is -2.51. The maximum absolute atomic E-state index is 12.7. The minimum absolute atomic E-state index is 0.0190. The molecule has 0 bridgehead atoms. The summed E-state index contributed by atoms with van der Waals surface area (Å²) in [6.45, 7) is 0.619. The number of piperidine rings is 1. The molecule has 1 aromatic heterocycles. The zero-order valence-corrected chi connectivity index (χ0v) is 19.6. The fourth-order valence-corrected chi connectivity index (χ4v) is 3.91. The van der Waals surface area contributed by atoms with E-state index in [1.165, 1.54) is 19.2 Å². The second kappa shape index (κ2) is 12.5. The van der Waals surface area contributed by atoms with Crippen molar-refractivity contribution in [1.29, 1.82) is 0 Å². The summed E-state index contributed by atoms with van der Waals surface area (Å²) >= 11 is 0. The molecular formula is C25H30N4O6. The van der Waals surface area contributed by atoms with Gasteiger partial charge in [0.25, 0.3) is 5.91 Å². The highest BCUT2D eigenvalue weighted by Gasteiger charge is 2.29. The van der Waals surface area contributed by atoms with E-state index in [1.807, 2.05) is 12.1 Å². The Labute approximate surface area is 203 Å². The van der Waals surface area contributed by atoms with Crippen molar-refractivity contribution < 1.29 is 29.0 Å². The number of carboxylic acids is 1. The number of methoxy groups -OCH3 is 1. The monoisotopic (exact) mass is 482 g/mol. The van der Waals surface area contributed by atoms with Gasteiger partial charge in [-0.15, -0.1) is 0 Å². The van der Waals surface area contributed by atoms with Crippen molar-refractivity contribution in [3.63, 3.8) is 0 Å². The number of ether oxygens (including phenoxy) is 1. The number of aliphatic carboxylic acids is 1. The SMILES string of the molecule is COc1ccc(C(=O)N[C@@H](CNC(=O)[C@@H]2CCCN(C(=O)CCc3ccncc3)C2)C(=O)O)cc1. The first kappa shape index (κ1) is 25.7. The number of carboxylic acid groups (broad SMARTS) is 1. The van der Waals surface area contributed by atoms with E-state index in [2.05, 4.69) is 15.6 Å². The number of pyridine rings is 1. The molecule has 3 N–H and O–H groups in total. The summed E-state index contributed by atoms with van der Waals surface area (Å²) in [6.07, 6.45) is 5.61. The van der Waals surface area contributed by atoms with Crippen molar-refractivity contribution in [3.05, 3.63) is 59.9 Å². The molecule has 2 atom stereocenters. The van der Waals surface area contributed by atoms with Crippen molar-refractivity contribution in [2.24, 2.45) is 5.92 Å². The lowest BCUT2D eigenvalue weighted by molar-refractivity contribution is -0.139. The van der Waals surface area contributed by atoms with Gasteiger partial charge in [0.2, 0.25) is 11.8 Å². The van der Waals surface area contributed by atoms with E-state index >= 15 is 0 Å². The molecule has 186 valence electrons. The summed E-state index contributed by atoms with van der Waals surface area (Å²) in [5.41, 5.74) is 1.30. The molecule has 0 saturated carbocycles. The molecule has 1 saturated heterocycles. The molecule has 0 radical (unpaired) electrons. The Morgan fingerprint density at radius 2 is 1.86 bits per heavy atom. The number of carbonyl (C=O) groups is 4. The first-order chi connectivity index (χ1) is 16.9. The van der Waals surface area contributed by atoms with Gasteiger partial charge in [-0.05, 0) is 61.2 Å². The number of aromatic nitrogens is 1. The van der Waals surface area contributed by atoms with Crippen LogP contribution in [-0.4, -0.2) is 71.5 Å². The lowest BCUT2D eigenvalue weighted by Gasteiger charge is -2.32. The summed E-state index contributed by atoms with van der Waals surface area (Å²) in [5, 5.41) is 14.6. The molecule has 10 nitrogen and oxygen atoms in total. The molecular weight excluding hydrogens is 452 g/mol.